The molecular formula is C16H14O5. The lowest BCUT2D eigenvalue weighted by Crippen LogP contribution is -2.00. The molecular weight excluding hydrogens is 272 g/mol. The van der Waals surface area contributed by atoms with Gasteiger partial charge < -0.3 is 19.3 Å². The normalized spacial score (nSPS) is 12.2. The lowest BCUT2D eigenvalue weighted by Gasteiger charge is -2.09. The van der Waals surface area contributed by atoms with Crippen molar-refractivity contribution in [2.45, 2.75) is 6.42 Å². The predicted octanol–water partition coefficient (Wildman–Crippen LogP) is 2.72. The van der Waals surface area contributed by atoms with Crippen LogP contribution in [0.1, 0.15) is 5.56 Å². The maximum absolute atomic E-state index is 10.9. The molecule has 0 spiro atoms. The Morgan fingerprint density at radius 3 is 2.71 bits per heavy atom. The van der Waals surface area contributed by atoms with Gasteiger partial charge in [-0.3, -0.25) is 4.79 Å². The molecule has 1 aliphatic rings. The average Bonchev–Trinajstić information content (AvgIpc) is 2.93. The fourth-order valence-corrected chi connectivity index (χ4v) is 2.30. The summed E-state index contributed by atoms with van der Waals surface area (Å²) in [5, 5.41) is 8.94. The summed E-state index contributed by atoms with van der Waals surface area (Å²) in [5.74, 6) is 1.16. The third-order valence-corrected chi connectivity index (χ3v) is 3.26. The van der Waals surface area contributed by atoms with Crippen molar-refractivity contribution in [3.8, 4) is 28.4 Å². The molecule has 3 rings (SSSR count). The Bertz CT molecular complexity index is 693. The Balaban J connectivity index is 2.02. The molecule has 1 heterocycles. The fraction of sp³-hybridized carbons (Fsp3) is 0.188. The van der Waals surface area contributed by atoms with Crippen molar-refractivity contribution < 1.29 is 24.1 Å². The zero-order chi connectivity index (χ0) is 14.8. The molecule has 0 saturated carbocycles. The molecule has 1 N–H and O–H groups in total. The maximum Gasteiger partial charge on any atom is 0.307 e. The largest absolute Gasteiger partial charge is 0.497 e. The molecule has 2 aromatic carbocycles. The molecule has 0 aliphatic carbocycles. The smallest absolute Gasteiger partial charge is 0.307 e. The molecule has 0 aromatic heterocycles. The van der Waals surface area contributed by atoms with Gasteiger partial charge in [-0.25, -0.2) is 0 Å². The number of carboxylic acid groups (broad SMARTS) is 1. The quantitative estimate of drug-likeness (QED) is 0.936. The minimum Gasteiger partial charge on any atom is -0.497 e. The van der Waals surface area contributed by atoms with Gasteiger partial charge in [-0.05, 0) is 41.0 Å². The van der Waals surface area contributed by atoms with Gasteiger partial charge in [0.15, 0.2) is 11.5 Å². The van der Waals surface area contributed by atoms with Crippen LogP contribution in [0.5, 0.6) is 17.2 Å². The number of rotatable bonds is 4. The van der Waals surface area contributed by atoms with Gasteiger partial charge in [0.25, 0.3) is 0 Å². The number of hydrogen-bond acceptors (Lipinski definition) is 4. The number of benzene rings is 2. The zero-order valence-corrected chi connectivity index (χ0v) is 11.5. The van der Waals surface area contributed by atoms with Crippen LogP contribution in [0.2, 0.25) is 0 Å². The molecule has 21 heavy (non-hydrogen) atoms. The van der Waals surface area contributed by atoms with E-state index in [4.69, 9.17) is 19.3 Å². The summed E-state index contributed by atoms with van der Waals surface area (Å²) in [7, 11) is 1.56. The number of hydrogen-bond donors (Lipinski definition) is 1. The average molecular weight is 286 g/mol. The van der Waals surface area contributed by atoms with Crippen molar-refractivity contribution in [3.63, 3.8) is 0 Å². The number of methoxy groups -OCH3 is 1. The lowest BCUT2D eigenvalue weighted by molar-refractivity contribution is -0.136. The van der Waals surface area contributed by atoms with E-state index < -0.39 is 5.97 Å². The van der Waals surface area contributed by atoms with Gasteiger partial charge in [0.05, 0.1) is 13.5 Å². The van der Waals surface area contributed by atoms with Gasteiger partial charge in [0, 0.05) is 0 Å². The Labute approximate surface area is 121 Å². The van der Waals surface area contributed by atoms with Crippen LogP contribution in [0.3, 0.4) is 0 Å². The maximum atomic E-state index is 10.9. The Hall–Kier alpha value is -2.69. The molecule has 108 valence electrons. The topological polar surface area (TPSA) is 65.0 Å². The molecule has 0 unspecified atom stereocenters. The van der Waals surface area contributed by atoms with Crippen molar-refractivity contribution in [3.05, 3.63) is 42.0 Å². The summed E-state index contributed by atoms with van der Waals surface area (Å²) in [5.41, 5.74) is 2.49. The second-order valence-corrected chi connectivity index (χ2v) is 4.71. The SMILES string of the molecule is COc1cc(CC(=O)O)cc(-c2ccc3c(c2)OCO3)c1. The number of ether oxygens (including phenoxy) is 3. The zero-order valence-electron chi connectivity index (χ0n) is 11.5. The standard InChI is InChI=1S/C16H14O5/c1-19-13-5-10(6-16(17)18)4-12(7-13)11-2-3-14-15(8-11)21-9-20-14/h2-5,7-8H,6,9H2,1H3,(H,17,18). The lowest BCUT2D eigenvalue weighted by atomic mass is 10.0. The van der Waals surface area contributed by atoms with Crippen molar-refractivity contribution in [2.24, 2.45) is 0 Å². The van der Waals surface area contributed by atoms with E-state index in [-0.39, 0.29) is 13.2 Å². The summed E-state index contributed by atoms with van der Waals surface area (Å²) in [6.45, 7) is 0.223. The molecule has 2 aromatic rings. The molecule has 0 bridgehead atoms. The van der Waals surface area contributed by atoms with Crippen LogP contribution in [0, 0.1) is 0 Å². The summed E-state index contributed by atoms with van der Waals surface area (Å²) in [4.78, 5) is 10.9. The van der Waals surface area contributed by atoms with Crippen molar-refractivity contribution >= 4 is 5.97 Å². The first-order valence-corrected chi connectivity index (χ1v) is 6.45. The molecule has 1 aliphatic heterocycles. The van der Waals surface area contributed by atoms with Crippen LogP contribution in [-0.2, 0) is 11.2 Å². The minimum absolute atomic E-state index is 0.0469. The molecule has 0 radical (unpaired) electrons. The van der Waals surface area contributed by atoms with Crippen LogP contribution in [0.4, 0.5) is 0 Å². The Kier molecular flexibility index (Phi) is 3.39. The monoisotopic (exact) mass is 286 g/mol. The van der Waals surface area contributed by atoms with Gasteiger partial charge in [-0.15, -0.1) is 0 Å². The summed E-state index contributed by atoms with van der Waals surface area (Å²) < 4.78 is 15.9. The van der Waals surface area contributed by atoms with Crippen molar-refractivity contribution in [1.82, 2.24) is 0 Å². The number of aliphatic carboxylic acids is 1. The third-order valence-electron chi connectivity index (χ3n) is 3.26. The van der Waals surface area contributed by atoms with E-state index >= 15 is 0 Å². The number of fused-ring (bicyclic) bond motifs is 1. The highest BCUT2D eigenvalue weighted by Crippen LogP contribution is 2.37. The molecule has 0 saturated heterocycles. The first-order chi connectivity index (χ1) is 10.2. The second kappa shape index (κ2) is 5.36. The highest BCUT2D eigenvalue weighted by Gasteiger charge is 2.15. The van der Waals surface area contributed by atoms with Crippen LogP contribution in [-0.4, -0.2) is 25.0 Å². The highest BCUT2D eigenvalue weighted by atomic mass is 16.7. The minimum atomic E-state index is -0.875. The van der Waals surface area contributed by atoms with E-state index in [1.165, 1.54) is 0 Å². The molecule has 0 amide bonds. The van der Waals surface area contributed by atoms with E-state index in [1.54, 1.807) is 13.2 Å². The van der Waals surface area contributed by atoms with Crippen LogP contribution in [0.25, 0.3) is 11.1 Å². The van der Waals surface area contributed by atoms with Crippen LogP contribution >= 0.6 is 0 Å². The van der Waals surface area contributed by atoms with Gasteiger partial charge >= 0.3 is 5.97 Å². The van der Waals surface area contributed by atoms with Crippen molar-refractivity contribution in [2.75, 3.05) is 13.9 Å². The highest BCUT2D eigenvalue weighted by molar-refractivity contribution is 5.74. The molecule has 0 fully saturated rings. The third kappa shape index (κ3) is 2.76. The van der Waals surface area contributed by atoms with E-state index in [9.17, 15) is 4.79 Å². The fourth-order valence-electron chi connectivity index (χ4n) is 2.30. The van der Waals surface area contributed by atoms with Gasteiger partial charge in [-0.1, -0.05) is 12.1 Å². The molecule has 5 heteroatoms. The van der Waals surface area contributed by atoms with E-state index in [0.717, 1.165) is 11.1 Å². The Morgan fingerprint density at radius 2 is 1.95 bits per heavy atom. The van der Waals surface area contributed by atoms with E-state index in [1.807, 2.05) is 30.3 Å². The van der Waals surface area contributed by atoms with Crippen LogP contribution < -0.4 is 14.2 Å². The van der Waals surface area contributed by atoms with Gasteiger partial charge in [-0.2, -0.15) is 0 Å². The van der Waals surface area contributed by atoms with Gasteiger partial charge in [0.2, 0.25) is 6.79 Å². The predicted molar refractivity (Wildman–Crippen MR) is 75.9 cm³/mol. The molecule has 5 nitrogen and oxygen atoms in total. The second-order valence-electron chi connectivity index (χ2n) is 4.71. The van der Waals surface area contributed by atoms with E-state index in [0.29, 0.717) is 22.8 Å². The van der Waals surface area contributed by atoms with Crippen molar-refractivity contribution in [1.29, 1.82) is 0 Å². The number of carboxylic acids is 1. The first kappa shape index (κ1) is 13.3. The Morgan fingerprint density at radius 1 is 1.14 bits per heavy atom. The summed E-state index contributed by atoms with van der Waals surface area (Å²) in [6, 6.07) is 11.1. The first-order valence-electron chi connectivity index (χ1n) is 6.45. The summed E-state index contributed by atoms with van der Waals surface area (Å²) in [6.07, 6.45) is -0.0469. The van der Waals surface area contributed by atoms with E-state index in [2.05, 4.69) is 0 Å². The summed E-state index contributed by atoms with van der Waals surface area (Å²) >= 11 is 0. The van der Waals surface area contributed by atoms with Gasteiger partial charge in [0.1, 0.15) is 5.75 Å². The molecule has 0 atom stereocenters. The van der Waals surface area contributed by atoms with Crippen LogP contribution in [0.15, 0.2) is 36.4 Å². The number of carbonyl (C=O) groups is 1.